The molecule has 0 saturated carbocycles. The number of aryl methyl sites for hydroxylation is 1. The van der Waals surface area contributed by atoms with Crippen LogP contribution < -0.4 is 5.56 Å². The summed E-state index contributed by atoms with van der Waals surface area (Å²) in [6.45, 7) is 8.52. The molecule has 0 bridgehead atoms. The van der Waals surface area contributed by atoms with E-state index in [-0.39, 0.29) is 17.4 Å². The summed E-state index contributed by atoms with van der Waals surface area (Å²) in [5, 5.41) is 1.03. The van der Waals surface area contributed by atoms with Gasteiger partial charge in [0.05, 0.1) is 22.6 Å². The van der Waals surface area contributed by atoms with Gasteiger partial charge in [-0.1, -0.05) is 61.8 Å². The van der Waals surface area contributed by atoms with Crippen molar-refractivity contribution in [1.82, 2.24) is 14.5 Å². The average Bonchev–Trinajstić information content (AvgIpc) is 2.82. The minimum absolute atomic E-state index is 0.0839. The van der Waals surface area contributed by atoms with E-state index >= 15 is 0 Å². The molecule has 0 aliphatic carbocycles. The fourth-order valence-electron chi connectivity index (χ4n) is 4.21. The molecule has 1 amide bonds. The average molecular weight is 474 g/mol. The van der Waals surface area contributed by atoms with E-state index in [0.717, 1.165) is 5.56 Å². The molecule has 4 rings (SSSR count). The zero-order chi connectivity index (χ0) is 24.4. The Morgan fingerprint density at radius 1 is 1.00 bits per heavy atom. The lowest BCUT2D eigenvalue weighted by molar-refractivity contribution is 0.0654. The van der Waals surface area contributed by atoms with Crippen molar-refractivity contribution in [3.63, 3.8) is 0 Å². The standard InChI is InChI=1S/C28H28ClN3O2/c1-18(2)17-31(27(33)23-13-6-5-10-19(23)3)20(4)26-30-25-15-8-7-14-24(25)28(34)32(26)22-12-9-11-21(29)16-22/h5-16,18,20H,17H2,1-4H3. The van der Waals surface area contributed by atoms with E-state index in [1.165, 1.54) is 0 Å². The summed E-state index contributed by atoms with van der Waals surface area (Å²) in [5.74, 6) is 0.634. The molecular formula is C28H28ClN3O2. The molecule has 1 atom stereocenters. The van der Waals surface area contributed by atoms with E-state index in [4.69, 9.17) is 16.6 Å². The van der Waals surface area contributed by atoms with Crippen molar-refractivity contribution >= 4 is 28.4 Å². The van der Waals surface area contributed by atoms with Crippen molar-refractivity contribution in [3.05, 3.63) is 105 Å². The van der Waals surface area contributed by atoms with Gasteiger partial charge in [-0.25, -0.2) is 4.98 Å². The number of carbonyl (C=O) groups is 1. The molecule has 34 heavy (non-hydrogen) atoms. The van der Waals surface area contributed by atoms with Gasteiger partial charge < -0.3 is 4.90 Å². The van der Waals surface area contributed by atoms with Crippen LogP contribution in [-0.2, 0) is 0 Å². The molecule has 0 radical (unpaired) electrons. The minimum Gasteiger partial charge on any atom is -0.328 e. The zero-order valence-corrected chi connectivity index (χ0v) is 20.6. The Bertz CT molecular complexity index is 1410. The van der Waals surface area contributed by atoms with Gasteiger partial charge in [0.1, 0.15) is 5.82 Å². The Morgan fingerprint density at radius 3 is 2.41 bits per heavy atom. The first-order valence-corrected chi connectivity index (χ1v) is 11.8. The van der Waals surface area contributed by atoms with Crippen LogP contribution in [0.3, 0.4) is 0 Å². The largest absolute Gasteiger partial charge is 0.328 e. The molecule has 0 spiro atoms. The fourth-order valence-corrected chi connectivity index (χ4v) is 4.40. The third kappa shape index (κ3) is 4.62. The van der Waals surface area contributed by atoms with Crippen LogP contribution in [0.2, 0.25) is 5.02 Å². The second kappa shape index (κ2) is 9.82. The van der Waals surface area contributed by atoms with Crippen molar-refractivity contribution in [1.29, 1.82) is 0 Å². The maximum absolute atomic E-state index is 13.8. The van der Waals surface area contributed by atoms with Crippen LogP contribution in [0.25, 0.3) is 16.6 Å². The van der Waals surface area contributed by atoms with Crippen LogP contribution in [0, 0.1) is 12.8 Å². The number of rotatable bonds is 6. The summed E-state index contributed by atoms with van der Waals surface area (Å²) in [5.41, 5.74) is 2.58. The molecule has 4 aromatic rings. The van der Waals surface area contributed by atoms with Gasteiger partial charge in [-0.2, -0.15) is 0 Å². The fraction of sp³-hybridized carbons (Fsp3) is 0.250. The predicted molar refractivity (Wildman–Crippen MR) is 138 cm³/mol. The normalized spacial score (nSPS) is 12.2. The van der Waals surface area contributed by atoms with Gasteiger partial charge in [0.2, 0.25) is 0 Å². The smallest absolute Gasteiger partial charge is 0.266 e. The Kier molecular flexibility index (Phi) is 6.85. The number of benzene rings is 3. The predicted octanol–water partition coefficient (Wildman–Crippen LogP) is 6.21. The summed E-state index contributed by atoms with van der Waals surface area (Å²) in [7, 11) is 0. The van der Waals surface area contributed by atoms with E-state index in [1.807, 2.05) is 67.3 Å². The van der Waals surface area contributed by atoms with E-state index in [9.17, 15) is 9.59 Å². The van der Waals surface area contributed by atoms with Gasteiger partial charge in [0.15, 0.2) is 0 Å². The molecule has 0 aliphatic heterocycles. The first-order valence-electron chi connectivity index (χ1n) is 11.4. The number of carbonyl (C=O) groups excluding carboxylic acids is 1. The van der Waals surface area contributed by atoms with Gasteiger partial charge in [0.25, 0.3) is 11.5 Å². The van der Waals surface area contributed by atoms with Gasteiger partial charge >= 0.3 is 0 Å². The van der Waals surface area contributed by atoms with Crippen LogP contribution in [0.15, 0.2) is 77.6 Å². The quantitative estimate of drug-likeness (QED) is 0.334. The van der Waals surface area contributed by atoms with E-state index in [1.54, 1.807) is 28.8 Å². The molecule has 0 N–H and O–H groups in total. The number of para-hydroxylation sites is 1. The SMILES string of the molecule is Cc1ccccc1C(=O)N(CC(C)C)C(C)c1nc2ccccc2c(=O)n1-c1cccc(Cl)c1. The third-order valence-corrected chi connectivity index (χ3v) is 6.14. The summed E-state index contributed by atoms with van der Waals surface area (Å²) >= 11 is 6.28. The van der Waals surface area contributed by atoms with Crippen LogP contribution in [0.5, 0.6) is 0 Å². The number of hydrogen-bond acceptors (Lipinski definition) is 3. The Labute approximate surface area is 204 Å². The molecule has 0 aliphatic rings. The first-order chi connectivity index (χ1) is 16.3. The van der Waals surface area contributed by atoms with Crippen LogP contribution in [0.4, 0.5) is 0 Å². The maximum Gasteiger partial charge on any atom is 0.266 e. The summed E-state index contributed by atoms with van der Waals surface area (Å²) < 4.78 is 1.58. The summed E-state index contributed by atoms with van der Waals surface area (Å²) in [6.07, 6.45) is 0. The van der Waals surface area contributed by atoms with Crippen molar-refractivity contribution in [3.8, 4) is 5.69 Å². The molecule has 174 valence electrons. The molecule has 3 aromatic carbocycles. The highest BCUT2D eigenvalue weighted by Gasteiger charge is 2.28. The molecule has 1 unspecified atom stereocenters. The molecular weight excluding hydrogens is 446 g/mol. The van der Waals surface area contributed by atoms with Crippen molar-refractivity contribution in [2.45, 2.75) is 33.7 Å². The Hall–Kier alpha value is -3.44. The number of amides is 1. The van der Waals surface area contributed by atoms with Gasteiger partial charge in [0, 0.05) is 17.1 Å². The summed E-state index contributed by atoms with van der Waals surface area (Å²) in [6, 6.07) is 21.5. The highest BCUT2D eigenvalue weighted by Crippen LogP contribution is 2.27. The lowest BCUT2D eigenvalue weighted by atomic mass is 10.0. The maximum atomic E-state index is 13.8. The molecule has 5 nitrogen and oxygen atoms in total. The van der Waals surface area contributed by atoms with E-state index in [2.05, 4.69) is 13.8 Å². The van der Waals surface area contributed by atoms with E-state index in [0.29, 0.717) is 39.5 Å². The van der Waals surface area contributed by atoms with Crippen LogP contribution >= 0.6 is 11.6 Å². The molecule has 6 heteroatoms. The molecule has 1 heterocycles. The van der Waals surface area contributed by atoms with Gasteiger partial charge in [-0.05, 0) is 61.7 Å². The van der Waals surface area contributed by atoms with Crippen LogP contribution in [-0.4, -0.2) is 26.9 Å². The topological polar surface area (TPSA) is 55.2 Å². The molecule has 0 saturated heterocycles. The lowest BCUT2D eigenvalue weighted by Crippen LogP contribution is -2.39. The van der Waals surface area contributed by atoms with Crippen molar-refractivity contribution in [2.75, 3.05) is 6.54 Å². The van der Waals surface area contributed by atoms with Crippen molar-refractivity contribution in [2.24, 2.45) is 5.92 Å². The van der Waals surface area contributed by atoms with Crippen molar-refractivity contribution < 1.29 is 4.79 Å². The number of halogens is 1. The highest BCUT2D eigenvalue weighted by atomic mass is 35.5. The summed E-state index contributed by atoms with van der Waals surface area (Å²) in [4.78, 5) is 34.1. The molecule has 1 aromatic heterocycles. The van der Waals surface area contributed by atoms with Crippen LogP contribution in [0.1, 0.15) is 48.6 Å². The number of nitrogens with zero attached hydrogens (tertiary/aromatic N) is 3. The van der Waals surface area contributed by atoms with Gasteiger partial charge in [-0.3, -0.25) is 14.2 Å². The highest BCUT2D eigenvalue weighted by molar-refractivity contribution is 6.30. The zero-order valence-electron chi connectivity index (χ0n) is 19.8. The second-order valence-corrected chi connectivity index (χ2v) is 9.39. The Morgan fingerprint density at radius 2 is 1.71 bits per heavy atom. The molecule has 0 fully saturated rings. The number of aromatic nitrogens is 2. The Balaban J connectivity index is 1.94. The monoisotopic (exact) mass is 473 g/mol. The van der Waals surface area contributed by atoms with E-state index < -0.39 is 6.04 Å². The van der Waals surface area contributed by atoms with Gasteiger partial charge in [-0.15, -0.1) is 0 Å². The lowest BCUT2D eigenvalue weighted by Gasteiger charge is -2.32. The first kappa shape index (κ1) is 23.7. The number of hydrogen-bond donors (Lipinski definition) is 0. The minimum atomic E-state index is -0.467. The second-order valence-electron chi connectivity index (χ2n) is 8.95. The third-order valence-electron chi connectivity index (χ3n) is 5.91. The number of fused-ring (bicyclic) bond motifs is 1.